The van der Waals surface area contributed by atoms with Gasteiger partial charge in [-0.25, -0.2) is 4.98 Å². The van der Waals surface area contributed by atoms with E-state index < -0.39 is 11.2 Å². The predicted molar refractivity (Wildman–Crippen MR) is 186 cm³/mol. The fraction of sp³-hybridized carbons (Fsp3) is 0.351. The number of nitrogens with one attached hydrogen (secondary N) is 1. The van der Waals surface area contributed by atoms with Crippen molar-refractivity contribution in [2.24, 2.45) is 0 Å². The van der Waals surface area contributed by atoms with Crippen molar-refractivity contribution in [1.29, 1.82) is 0 Å². The van der Waals surface area contributed by atoms with E-state index >= 15 is 0 Å². The molecule has 244 valence electrons. The van der Waals surface area contributed by atoms with Gasteiger partial charge in [-0.3, -0.25) is 4.79 Å². The lowest BCUT2D eigenvalue weighted by Gasteiger charge is -2.14. The molecule has 1 N–H and O–H groups in total. The number of benzene rings is 3. The lowest BCUT2D eigenvalue weighted by atomic mass is 10.0. The number of rotatable bonds is 18. The molecule has 9 heteroatoms. The van der Waals surface area contributed by atoms with Crippen molar-refractivity contribution in [3.63, 3.8) is 0 Å². The molecule has 0 aliphatic rings. The summed E-state index contributed by atoms with van der Waals surface area (Å²) in [6.45, 7) is 10.9. The molecule has 0 radical (unpaired) electrons. The van der Waals surface area contributed by atoms with E-state index in [9.17, 15) is 9.35 Å². The van der Waals surface area contributed by atoms with Crippen LogP contribution in [-0.2, 0) is 33.0 Å². The number of carbonyl (C=O) groups excluding carboxylic acids is 1. The smallest absolute Gasteiger partial charge is 0.248 e. The van der Waals surface area contributed by atoms with Gasteiger partial charge in [-0.05, 0) is 104 Å². The Morgan fingerprint density at radius 1 is 0.978 bits per heavy atom. The van der Waals surface area contributed by atoms with E-state index in [1.165, 1.54) is 6.08 Å². The van der Waals surface area contributed by atoms with Crippen molar-refractivity contribution in [3.8, 4) is 22.6 Å². The molecule has 1 aromatic heterocycles. The third-order valence-electron chi connectivity index (χ3n) is 7.04. The lowest BCUT2D eigenvalue weighted by molar-refractivity contribution is -0.111. The maximum Gasteiger partial charge on any atom is 0.248 e. The highest BCUT2D eigenvalue weighted by molar-refractivity contribution is 7.90. The zero-order valence-electron chi connectivity index (χ0n) is 27.2. The Hall–Kier alpha value is -4.05. The van der Waals surface area contributed by atoms with Gasteiger partial charge >= 0.3 is 0 Å². The van der Waals surface area contributed by atoms with Crippen molar-refractivity contribution in [3.05, 3.63) is 96.6 Å². The molecule has 1 heterocycles. The van der Waals surface area contributed by atoms with E-state index in [0.717, 1.165) is 60.5 Å². The number of nitrogens with zero attached hydrogens (tertiary/aromatic N) is 2. The summed E-state index contributed by atoms with van der Waals surface area (Å²) in [5.41, 5.74) is 4.37. The minimum absolute atomic E-state index is 0.0227. The first-order valence-corrected chi connectivity index (χ1v) is 17.3. The maximum atomic E-state index is 12.9. The highest BCUT2D eigenvalue weighted by Gasteiger charge is 2.15. The van der Waals surface area contributed by atoms with Gasteiger partial charge in [0, 0.05) is 30.5 Å². The Balaban J connectivity index is 1.37. The van der Waals surface area contributed by atoms with Crippen LogP contribution in [0.4, 0.5) is 5.69 Å². The van der Waals surface area contributed by atoms with E-state index in [1.54, 1.807) is 42.9 Å². The topological polar surface area (TPSA) is 97.7 Å². The number of anilines is 1. The molecule has 0 saturated heterocycles. The van der Waals surface area contributed by atoms with Gasteiger partial charge in [0.15, 0.2) is 10.6 Å². The van der Waals surface area contributed by atoms with Crippen LogP contribution in [0.3, 0.4) is 0 Å². The maximum absolute atomic E-state index is 12.9. The summed E-state index contributed by atoms with van der Waals surface area (Å²) in [6.07, 6.45) is 9.93. The highest BCUT2D eigenvalue weighted by atomic mass is 32.2. The van der Waals surface area contributed by atoms with Crippen molar-refractivity contribution >= 4 is 28.8 Å². The van der Waals surface area contributed by atoms with Crippen LogP contribution in [0.25, 0.3) is 17.2 Å². The van der Waals surface area contributed by atoms with E-state index in [1.807, 2.05) is 60.9 Å². The molecule has 0 aliphatic heterocycles. The molecule has 1 amide bonds. The lowest BCUT2D eigenvalue weighted by Crippen LogP contribution is -2.11. The molecular weight excluding hydrogens is 598 g/mol. The summed E-state index contributed by atoms with van der Waals surface area (Å²) in [5.74, 6) is 1.59. The number of hydrogen-bond acceptors (Lipinski definition) is 6. The molecular formula is C37H45N3O5S. The molecule has 3 aromatic carbocycles. The quantitative estimate of drug-likeness (QED) is 0.0673. The van der Waals surface area contributed by atoms with Crippen LogP contribution in [0, 0.1) is 0 Å². The number of carbonyl (C=O) groups is 1. The Morgan fingerprint density at radius 3 is 2.46 bits per heavy atom. The average molecular weight is 644 g/mol. The van der Waals surface area contributed by atoms with Crippen LogP contribution < -0.4 is 14.8 Å². The first kappa shape index (κ1) is 34.8. The molecule has 46 heavy (non-hydrogen) atoms. The normalized spacial score (nSPS) is 12.0. The van der Waals surface area contributed by atoms with Crippen LogP contribution in [-0.4, -0.2) is 45.9 Å². The second-order valence-corrected chi connectivity index (χ2v) is 12.6. The average Bonchev–Trinajstić information content (AvgIpc) is 3.49. The van der Waals surface area contributed by atoms with Gasteiger partial charge in [-0.2, -0.15) is 0 Å². The van der Waals surface area contributed by atoms with Crippen LogP contribution in [0.1, 0.15) is 58.2 Å². The summed E-state index contributed by atoms with van der Waals surface area (Å²) in [6, 6.07) is 21.0. The fourth-order valence-corrected chi connectivity index (χ4v) is 5.81. The minimum Gasteiger partial charge on any atom is -0.611 e. The highest BCUT2D eigenvalue weighted by Crippen LogP contribution is 2.30. The Kier molecular flexibility index (Phi) is 13.8. The van der Waals surface area contributed by atoms with Crippen molar-refractivity contribution < 1.29 is 23.6 Å². The van der Waals surface area contributed by atoms with E-state index in [0.29, 0.717) is 35.3 Å². The third-order valence-corrected chi connectivity index (χ3v) is 8.40. The molecule has 1 atom stereocenters. The third kappa shape index (κ3) is 10.8. The number of aromatic nitrogens is 2. The van der Waals surface area contributed by atoms with Crippen LogP contribution >= 0.6 is 0 Å². The number of hydrogen-bond donors (Lipinski definition) is 1. The number of ether oxygens (including phenoxy) is 3. The van der Waals surface area contributed by atoms with Crippen molar-refractivity contribution in [1.82, 2.24) is 9.55 Å². The van der Waals surface area contributed by atoms with Crippen LogP contribution in [0.5, 0.6) is 11.5 Å². The van der Waals surface area contributed by atoms with Crippen LogP contribution in [0.2, 0.25) is 0 Å². The summed E-state index contributed by atoms with van der Waals surface area (Å²) < 4.78 is 32.4. The van der Waals surface area contributed by atoms with E-state index in [2.05, 4.69) is 24.1 Å². The Morgan fingerprint density at radius 2 is 1.74 bits per heavy atom. The van der Waals surface area contributed by atoms with Crippen molar-refractivity contribution in [2.75, 3.05) is 25.1 Å². The second-order valence-electron chi connectivity index (χ2n) is 11.2. The van der Waals surface area contributed by atoms with Gasteiger partial charge in [-0.1, -0.05) is 38.5 Å². The number of amides is 1. The summed E-state index contributed by atoms with van der Waals surface area (Å²) >= 11 is -1.22. The standard InChI is InChI=1S/C37H45N3O5S/c1-5-7-21-43-22-23-44-34-14-8-29(9-15-34)30-10-18-36(45-28(3)4)31(24-30)11-19-37(41)39-32-12-16-35(17-13-32)46(42)26-33-25-38-27-40(33)20-6-2/h8-19,24-25,27-28H,5-7,20-23,26H2,1-4H3,(H,39,41)/b19-11+. The molecule has 0 saturated carbocycles. The zero-order chi connectivity index (χ0) is 32.7. The summed E-state index contributed by atoms with van der Waals surface area (Å²) in [5, 5.41) is 2.89. The predicted octanol–water partition coefficient (Wildman–Crippen LogP) is 7.90. The van der Waals surface area contributed by atoms with Gasteiger partial charge < -0.3 is 28.6 Å². The molecule has 0 bridgehead atoms. The fourth-order valence-electron chi connectivity index (χ4n) is 4.70. The van der Waals surface area contributed by atoms with Gasteiger partial charge in [0.05, 0.1) is 30.9 Å². The SMILES string of the molecule is CCCCOCCOc1ccc(-c2ccc(OC(C)C)c(/C=C/C(=O)Nc3ccc([S+]([O-])Cc4cncn4CCC)cc3)c2)cc1. The zero-order valence-corrected chi connectivity index (χ0v) is 28.1. The van der Waals surface area contributed by atoms with Gasteiger partial charge in [0.25, 0.3) is 0 Å². The monoisotopic (exact) mass is 643 g/mol. The molecule has 1 unspecified atom stereocenters. The van der Waals surface area contributed by atoms with Crippen LogP contribution in [0.15, 0.2) is 90.2 Å². The van der Waals surface area contributed by atoms with Gasteiger partial charge in [0.1, 0.15) is 18.1 Å². The Labute approximate surface area is 276 Å². The molecule has 4 rings (SSSR count). The number of imidazole rings is 1. The van der Waals surface area contributed by atoms with E-state index in [4.69, 9.17) is 14.2 Å². The first-order valence-electron chi connectivity index (χ1n) is 15.9. The van der Waals surface area contributed by atoms with Crippen molar-refractivity contribution in [2.45, 2.75) is 70.3 Å². The van der Waals surface area contributed by atoms with Gasteiger partial charge in [0.2, 0.25) is 5.91 Å². The second kappa shape index (κ2) is 18.2. The number of unbranched alkanes of at least 4 members (excludes halogenated alkanes) is 1. The molecule has 0 fully saturated rings. The minimum atomic E-state index is -1.22. The first-order chi connectivity index (χ1) is 22.4. The number of aryl methyl sites for hydroxylation is 1. The molecule has 4 aromatic rings. The molecule has 0 spiro atoms. The summed E-state index contributed by atoms with van der Waals surface area (Å²) in [7, 11) is 0. The molecule has 8 nitrogen and oxygen atoms in total. The largest absolute Gasteiger partial charge is 0.611 e. The van der Waals surface area contributed by atoms with Gasteiger partial charge in [-0.15, -0.1) is 0 Å². The Bertz CT molecular complexity index is 1530. The van der Waals surface area contributed by atoms with E-state index in [-0.39, 0.29) is 12.0 Å². The molecule has 0 aliphatic carbocycles. The summed E-state index contributed by atoms with van der Waals surface area (Å²) in [4.78, 5) is 17.8.